The third-order valence-corrected chi connectivity index (χ3v) is 6.44. The number of likely N-dealkylation sites (N-methyl/N-ethyl adjacent to an activating group) is 1. The molecule has 11 heteroatoms. The summed E-state index contributed by atoms with van der Waals surface area (Å²) in [7, 11) is 2.12. The number of imidazole rings is 1. The number of nitrogens with zero attached hydrogens (tertiary/aromatic N) is 7. The van der Waals surface area contributed by atoms with Crippen LogP contribution in [0.4, 0.5) is 15.8 Å². The smallest absolute Gasteiger partial charge is 0.161 e. The van der Waals surface area contributed by atoms with E-state index in [2.05, 4.69) is 52.3 Å². The summed E-state index contributed by atoms with van der Waals surface area (Å²) in [6.07, 6.45) is 6.68. The maximum Gasteiger partial charge on any atom is 0.161 e. The number of piperazine rings is 1. The van der Waals surface area contributed by atoms with Crippen LogP contribution in [0.3, 0.4) is 0 Å². The number of rotatable bonds is 5. The second-order valence-corrected chi connectivity index (χ2v) is 9.45. The molecule has 6 rings (SSSR count). The van der Waals surface area contributed by atoms with E-state index in [1.54, 1.807) is 24.8 Å². The Bertz CT molecular complexity index is 1550. The first kappa shape index (κ1) is 22.4. The van der Waals surface area contributed by atoms with Gasteiger partial charge in [0.05, 0.1) is 28.5 Å². The van der Waals surface area contributed by atoms with Gasteiger partial charge in [0.1, 0.15) is 16.9 Å². The Balaban J connectivity index is 1.43. The fourth-order valence-corrected chi connectivity index (χ4v) is 4.64. The standard InChI is InChI=1S/C25H27FN10/c1-14(2)30-16-10-15(11-27-12-16)21-20(26)19-17(13-29-21)33-34-23(19)25-31-22-18(4-5-28-24(22)32-25)36-8-6-35(3)7-9-36/h4-5,10-14,30H,6-9H2,1-3H3,(H,33,34)(H,28,31,32). The number of hydrogen-bond donors (Lipinski definition) is 3. The van der Waals surface area contributed by atoms with Crippen molar-refractivity contribution in [3.05, 3.63) is 42.7 Å². The summed E-state index contributed by atoms with van der Waals surface area (Å²) in [6.45, 7) is 7.85. The van der Waals surface area contributed by atoms with Crippen LogP contribution in [0.2, 0.25) is 0 Å². The average Bonchev–Trinajstić information content (AvgIpc) is 3.49. The van der Waals surface area contributed by atoms with E-state index >= 15 is 4.39 Å². The molecule has 0 radical (unpaired) electrons. The molecular formula is C25H27FN10. The highest BCUT2D eigenvalue weighted by Gasteiger charge is 2.23. The van der Waals surface area contributed by atoms with Crippen molar-refractivity contribution in [2.24, 2.45) is 0 Å². The predicted octanol–water partition coefficient (Wildman–Crippen LogP) is 3.67. The van der Waals surface area contributed by atoms with E-state index in [0.29, 0.717) is 33.6 Å². The Morgan fingerprint density at radius 2 is 1.89 bits per heavy atom. The van der Waals surface area contributed by atoms with Crippen LogP contribution < -0.4 is 10.2 Å². The number of pyridine rings is 3. The molecule has 36 heavy (non-hydrogen) atoms. The third kappa shape index (κ3) is 3.91. The molecule has 1 fully saturated rings. The topological polar surface area (TPSA) is 115 Å². The zero-order valence-electron chi connectivity index (χ0n) is 20.4. The summed E-state index contributed by atoms with van der Waals surface area (Å²) in [5, 5.41) is 10.9. The van der Waals surface area contributed by atoms with Gasteiger partial charge in [-0.15, -0.1) is 0 Å². The highest BCUT2D eigenvalue weighted by molar-refractivity contribution is 5.96. The van der Waals surface area contributed by atoms with Crippen LogP contribution in [0.1, 0.15) is 13.8 Å². The van der Waals surface area contributed by atoms with E-state index < -0.39 is 5.82 Å². The van der Waals surface area contributed by atoms with Crippen LogP contribution in [0.15, 0.2) is 36.9 Å². The lowest BCUT2D eigenvalue weighted by Crippen LogP contribution is -2.44. The molecule has 1 saturated heterocycles. The maximum atomic E-state index is 15.9. The van der Waals surface area contributed by atoms with E-state index in [9.17, 15) is 0 Å². The molecule has 0 aliphatic carbocycles. The maximum absolute atomic E-state index is 15.9. The average molecular weight is 487 g/mol. The number of nitrogens with one attached hydrogen (secondary N) is 3. The normalized spacial score (nSPS) is 14.9. The van der Waals surface area contributed by atoms with Crippen molar-refractivity contribution in [2.45, 2.75) is 19.9 Å². The minimum absolute atomic E-state index is 0.206. The van der Waals surface area contributed by atoms with Crippen LogP contribution in [0.25, 0.3) is 44.8 Å². The molecule has 0 bridgehead atoms. The number of H-pyrrole nitrogens is 2. The molecular weight excluding hydrogens is 459 g/mol. The van der Waals surface area contributed by atoms with Gasteiger partial charge in [0.25, 0.3) is 0 Å². The second-order valence-electron chi connectivity index (χ2n) is 9.45. The quantitative estimate of drug-likeness (QED) is 0.345. The van der Waals surface area contributed by atoms with E-state index in [4.69, 9.17) is 4.98 Å². The Hall–Kier alpha value is -4.12. The molecule has 1 aliphatic heterocycles. The largest absolute Gasteiger partial charge is 0.382 e. The molecule has 0 atom stereocenters. The number of aromatic amines is 2. The van der Waals surface area contributed by atoms with Gasteiger partial charge in [-0.05, 0) is 33.0 Å². The molecule has 1 aliphatic rings. The van der Waals surface area contributed by atoms with Gasteiger partial charge in [-0.3, -0.25) is 15.1 Å². The molecule has 184 valence electrons. The Morgan fingerprint density at radius 1 is 1.06 bits per heavy atom. The highest BCUT2D eigenvalue weighted by atomic mass is 19.1. The zero-order chi connectivity index (χ0) is 24.8. The Labute approximate surface area is 207 Å². The number of halogens is 1. The van der Waals surface area contributed by atoms with Gasteiger partial charge in [-0.1, -0.05) is 0 Å². The lowest BCUT2D eigenvalue weighted by molar-refractivity contribution is 0.313. The van der Waals surface area contributed by atoms with Gasteiger partial charge < -0.3 is 20.1 Å². The van der Waals surface area contributed by atoms with Gasteiger partial charge in [0.15, 0.2) is 17.3 Å². The lowest BCUT2D eigenvalue weighted by atomic mass is 10.1. The molecule has 5 aromatic rings. The van der Waals surface area contributed by atoms with Crippen LogP contribution in [0, 0.1) is 5.82 Å². The Kier molecular flexibility index (Phi) is 5.48. The van der Waals surface area contributed by atoms with Crippen LogP contribution in [0.5, 0.6) is 0 Å². The summed E-state index contributed by atoms with van der Waals surface area (Å²) in [5.41, 5.74) is 4.87. The summed E-state index contributed by atoms with van der Waals surface area (Å²) in [4.78, 5) is 25.8. The fourth-order valence-electron chi connectivity index (χ4n) is 4.64. The van der Waals surface area contributed by atoms with E-state index in [-0.39, 0.29) is 11.7 Å². The SMILES string of the molecule is CC(C)Nc1cncc(-c2ncc3[nH]nc(-c4nc5c(N6CCN(C)CC6)ccnc5[nH]4)c3c2F)c1. The van der Waals surface area contributed by atoms with Gasteiger partial charge in [-0.25, -0.2) is 14.4 Å². The first-order chi connectivity index (χ1) is 17.5. The predicted molar refractivity (Wildman–Crippen MR) is 138 cm³/mol. The number of fused-ring (bicyclic) bond motifs is 2. The van der Waals surface area contributed by atoms with Crippen molar-refractivity contribution >= 4 is 33.4 Å². The molecule has 0 aromatic carbocycles. The molecule has 10 nitrogen and oxygen atoms in total. The van der Waals surface area contributed by atoms with Gasteiger partial charge in [-0.2, -0.15) is 5.10 Å². The third-order valence-electron chi connectivity index (χ3n) is 6.44. The Morgan fingerprint density at radius 3 is 2.69 bits per heavy atom. The molecule has 0 amide bonds. The molecule has 0 unspecified atom stereocenters. The summed E-state index contributed by atoms with van der Waals surface area (Å²) < 4.78 is 15.9. The van der Waals surface area contributed by atoms with Crippen molar-refractivity contribution in [1.82, 2.24) is 40.0 Å². The van der Waals surface area contributed by atoms with Gasteiger partial charge >= 0.3 is 0 Å². The van der Waals surface area contributed by atoms with Crippen LogP contribution in [-0.4, -0.2) is 79.3 Å². The summed E-state index contributed by atoms with van der Waals surface area (Å²) in [5.74, 6) is -0.0258. The molecule has 6 heterocycles. The molecule has 0 spiro atoms. The molecule has 5 aromatic heterocycles. The number of hydrogen-bond acceptors (Lipinski definition) is 8. The minimum Gasteiger partial charge on any atom is -0.382 e. The number of aromatic nitrogens is 7. The van der Waals surface area contributed by atoms with E-state index in [0.717, 1.165) is 43.1 Å². The van der Waals surface area contributed by atoms with Crippen molar-refractivity contribution < 1.29 is 4.39 Å². The highest BCUT2D eigenvalue weighted by Crippen LogP contribution is 2.34. The van der Waals surface area contributed by atoms with E-state index in [1.165, 1.54) is 0 Å². The number of anilines is 2. The van der Waals surface area contributed by atoms with E-state index in [1.807, 2.05) is 26.0 Å². The second kappa shape index (κ2) is 8.83. The minimum atomic E-state index is -0.479. The van der Waals surface area contributed by atoms with Crippen molar-refractivity contribution in [2.75, 3.05) is 43.4 Å². The van der Waals surface area contributed by atoms with Crippen LogP contribution >= 0.6 is 0 Å². The zero-order valence-corrected chi connectivity index (χ0v) is 20.4. The van der Waals surface area contributed by atoms with Crippen molar-refractivity contribution in [1.29, 1.82) is 0 Å². The summed E-state index contributed by atoms with van der Waals surface area (Å²) >= 11 is 0. The summed E-state index contributed by atoms with van der Waals surface area (Å²) in [6, 6.07) is 4.05. The lowest BCUT2D eigenvalue weighted by Gasteiger charge is -2.33. The van der Waals surface area contributed by atoms with Gasteiger partial charge in [0, 0.05) is 56.4 Å². The molecule has 3 N–H and O–H groups in total. The van der Waals surface area contributed by atoms with Crippen molar-refractivity contribution in [3.8, 4) is 22.8 Å². The fraction of sp³-hybridized carbons (Fsp3) is 0.320. The molecule has 0 saturated carbocycles. The first-order valence-corrected chi connectivity index (χ1v) is 12.0. The monoisotopic (exact) mass is 486 g/mol. The van der Waals surface area contributed by atoms with Crippen LogP contribution in [-0.2, 0) is 0 Å². The van der Waals surface area contributed by atoms with Crippen molar-refractivity contribution in [3.63, 3.8) is 0 Å². The first-order valence-electron chi connectivity index (χ1n) is 12.0. The van der Waals surface area contributed by atoms with Gasteiger partial charge in [0.2, 0.25) is 0 Å².